The molecule has 2 unspecified atom stereocenters. The molecule has 0 spiro atoms. The third-order valence-electron chi connectivity index (χ3n) is 4.53. The number of hydrogen-bond donors (Lipinski definition) is 2. The van der Waals surface area contributed by atoms with Crippen LogP contribution in [0.5, 0.6) is 0 Å². The Bertz CT molecular complexity index is 297. The van der Waals surface area contributed by atoms with Gasteiger partial charge in [-0.2, -0.15) is 0 Å². The van der Waals surface area contributed by atoms with E-state index >= 15 is 0 Å². The van der Waals surface area contributed by atoms with E-state index in [0.717, 1.165) is 38.7 Å². The molecule has 98 valence electrons. The van der Waals surface area contributed by atoms with Gasteiger partial charge in [-0.1, -0.05) is 20.3 Å². The summed E-state index contributed by atoms with van der Waals surface area (Å²) in [4.78, 5) is 11.6. The van der Waals surface area contributed by atoms with E-state index in [-0.39, 0.29) is 11.5 Å². The van der Waals surface area contributed by atoms with Crippen LogP contribution in [0.25, 0.3) is 0 Å². The lowest BCUT2D eigenvalue weighted by atomic mass is 9.74. The first-order valence-corrected chi connectivity index (χ1v) is 6.58. The number of carbonyl (C=O) groups is 1. The second kappa shape index (κ2) is 4.58. The lowest BCUT2D eigenvalue weighted by Crippen LogP contribution is -2.60. The summed E-state index contributed by atoms with van der Waals surface area (Å²) < 4.78 is 5.55. The molecule has 0 aromatic heterocycles. The van der Waals surface area contributed by atoms with Crippen LogP contribution in [0.15, 0.2) is 0 Å². The molecule has 2 aliphatic rings. The number of rotatable bonds is 4. The highest BCUT2D eigenvalue weighted by molar-refractivity contribution is 5.80. The Balaban J connectivity index is 2.04. The van der Waals surface area contributed by atoms with Crippen LogP contribution >= 0.6 is 0 Å². The normalized spacial score (nSPS) is 36.2. The van der Waals surface area contributed by atoms with E-state index in [2.05, 4.69) is 19.2 Å². The van der Waals surface area contributed by atoms with Crippen molar-refractivity contribution in [3.05, 3.63) is 0 Å². The summed E-state index contributed by atoms with van der Waals surface area (Å²) in [6.45, 7) is 5.58. The molecule has 2 N–H and O–H groups in total. The summed E-state index contributed by atoms with van der Waals surface area (Å²) in [5.41, 5.74) is -0.948. The molecule has 17 heavy (non-hydrogen) atoms. The van der Waals surface area contributed by atoms with Crippen molar-refractivity contribution in [3.8, 4) is 0 Å². The quantitative estimate of drug-likeness (QED) is 0.788. The molecule has 4 heteroatoms. The Kier molecular flexibility index (Phi) is 3.46. The first-order chi connectivity index (χ1) is 7.98. The molecular formula is C13H23NO3. The van der Waals surface area contributed by atoms with Gasteiger partial charge in [-0.15, -0.1) is 0 Å². The molecule has 1 aliphatic heterocycles. The van der Waals surface area contributed by atoms with Gasteiger partial charge in [0.15, 0.2) is 0 Å². The highest BCUT2D eigenvalue weighted by Crippen LogP contribution is 2.46. The van der Waals surface area contributed by atoms with Gasteiger partial charge in [0, 0.05) is 13.2 Å². The Morgan fingerprint density at radius 1 is 1.41 bits per heavy atom. The molecule has 1 heterocycles. The fraction of sp³-hybridized carbons (Fsp3) is 0.923. The molecule has 2 atom stereocenters. The second-order valence-electron chi connectivity index (χ2n) is 5.96. The largest absolute Gasteiger partial charge is 0.480 e. The van der Waals surface area contributed by atoms with E-state index < -0.39 is 11.5 Å². The molecule has 1 saturated carbocycles. The minimum absolute atomic E-state index is 0.183. The van der Waals surface area contributed by atoms with Crippen LogP contribution in [-0.2, 0) is 9.53 Å². The number of ether oxygens (including phenoxy) is 1. The number of carboxylic acids is 1. The van der Waals surface area contributed by atoms with E-state index in [1.54, 1.807) is 0 Å². The molecule has 0 amide bonds. The number of carboxylic acid groups (broad SMARTS) is 1. The van der Waals surface area contributed by atoms with Crippen LogP contribution in [0, 0.1) is 5.41 Å². The lowest BCUT2D eigenvalue weighted by molar-refractivity contribution is -0.149. The smallest absolute Gasteiger partial charge is 0.324 e. The second-order valence-corrected chi connectivity index (χ2v) is 5.96. The Hall–Kier alpha value is -0.610. The lowest BCUT2D eigenvalue weighted by Gasteiger charge is -2.39. The summed E-state index contributed by atoms with van der Waals surface area (Å²) in [7, 11) is 0. The summed E-state index contributed by atoms with van der Waals surface area (Å²) in [6.07, 6.45) is 5.01. The van der Waals surface area contributed by atoms with Crippen molar-refractivity contribution in [3.63, 3.8) is 0 Å². The molecule has 2 fully saturated rings. The first-order valence-electron chi connectivity index (χ1n) is 6.58. The zero-order valence-electron chi connectivity index (χ0n) is 10.8. The van der Waals surface area contributed by atoms with Gasteiger partial charge in [0.1, 0.15) is 5.54 Å². The standard InChI is InChI=1S/C13H23NO3/c1-12(2)6-4-7-13(12,11(15)16)14-9-10-5-3-8-17-10/h10,14H,3-9H2,1-2H3,(H,15,16). The number of nitrogens with one attached hydrogen (secondary N) is 1. The zero-order valence-corrected chi connectivity index (χ0v) is 10.8. The van der Waals surface area contributed by atoms with Crippen molar-refractivity contribution >= 4 is 5.97 Å². The maximum atomic E-state index is 11.6. The van der Waals surface area contributed by atoms with Crippen LogP contribution in [0.1, 0.15) is 46.0 Å². The number of hydrogen-bond acceptors (Lipinski definition) is 3. The number of aliphatic carboxylic acids is 1. The Labute approximate surface area is 103 Å². The molecular weight excluding hydrogens is 218 g/mol. The molecule has 2 rings (SSSR count). The molecule has 0 aromatic carbocycles. The van der Waals surface area contributed by atoms with Crippen LogP contribution < -0.4 is 5.32 Å². The van der Waals surface area contributed by atoms with E-state index in [4.69, 9.17) is 4.74 Å². The first kappa shape index (κ1) is 12.8. The van der Waals surface area contributed by atoms with E-state index in [1.807, 2.05) is 0 Å². The monoisotopic (exact) mass is 241 g/mol. The van der Waals surface area contributed by atoms with Gasteiger partial charge in [0.2, 0.25) is 0 Å². The third kappa shape index (κ3) is 2.20. The summed E-state index contributed by atoms with van der Waals surface area (Å²) in [5, 5.41) is 12.9. The predicted octanol–water partition coefficient (Wildman–Crippen LogP) is 1.79. The fourth-order valence-corrected chi connectivity index (χ4v) is 3.24. The highest BCUT2D eigenvalue weighted by atomic mass is 16.5. The molecule has 4 nitrogen and oxygen atoms in total. The summed E-state index contributed by atoms with van der Waals surface area (Å²) in [6, 6.07) is 0. The van der Waals surface area contributed by atoms with Gasteiger partial charge in [0.05, 0.1) is 6.10 Å². The molecule has 1 aliphatic carbocycles. The van der Waals surface area contributed by atoms with Gasteiger partial charge in [-0.3, -0.25) is 10.1 Å². The van der Waals surface area contributed by atoms with Crippen molar-refractivity contribution in [2.75, 3.05) is 13.2 Å². The Morgan fingerprint density at radius 2 is 2.18 bits per heavy atom. The zero-order chi connectivity index (χ0) is 12.5. The summed E-state index contributed by atoms with van der Waals surface area (Å²) in [5.74, 6) is -0.710. The van der Waals surface area contributed by atoms with Crippen LogP contribution in [0.2, 0.25) is 0 Å². The van der Waals surface area contributed by atoms with Gasteiger partial charge < -0.3 is 9.84 Å². The topological polar surface area (TPSA) is 58.6 Å². The van der Waals surface area contributed by atoms with Gasteiger partial charge in [-0.05, 0) is 31.1 Å². The van der Waals surface area contributed by atoms with Crippen LogP contribution in [0.3, 0.4) is 0 Å². The van der Waals surface area contributed by atoms with E-state index in [1.165, 1.54) is 0 Å². The maximum Gasteiger partial charge on any atom is 0.324 e. The molecule has 0 aromatic rings. The van der Waals surface area contributed by atoms with Crippen molar-refractivity contribution in [2.45, 2.75) is 57.6 Å². The molecule has 1 saturated heterocycles. The van der Waals surface area contributed by atoms with Crippen molar-refractivity contribution in [1.29, 1.82) is 0 Å². The predicted molar refractivity (Wildman–Crippen MR) is 65.0 cm³/mol. The minimum atomic E-state index is -0.765. The van der Waals surface area contributed by atoms with E-state index in [0.29, 0.717) is 6.54 Å². The van der Waals surface area contributed by atoms with Crippen LogP contribution in [0.4, 0.5) is 0 Å². The maximum absolute atomic E-state index is 11.6. The SMILES string of the molecule is CC1(C)CCCC1(NCC1CCCO1)C(=O)O. The average molecular weight is 241 g/mol. The van der Waals surface area contributed by atoms with Crippen LogP contribution in [-0.4, -0.2) is 35.9 Å². The Morgan fingerprint density at radius 3 is 2.65 bits per heavy atom. The van der Waals surface area contributed by atoms with Gasteiger partial charge in [0.25, 0.3) is 0 Å². The summed E-state index contributed by atoms with van der Waals surface area (Å²) >= 11 is 0. The molecule has 0 bridgehead atoms. The van der Waals surface area contributed by atoms with Crippen molar-refractivity contribution in [2.24, 2.45) is 5.41 Å². The van der Waals surface area contributed by atoms with Gasteiger partial charge >= 0.3 is 5.97 Å². The minimum Gasteiger partial charge on any atom is -0.480 e. The van der Waals surface area contributed by atoms with E-state index in [9.17, 15) is 9.90 Å². The van der Waals surface area contributed by atoms with Gasteiger partial charge in [-0.25, -0.2) is 0 Å². The fourth-order valence-electron chi connectivity index (χ4n) is 3.24. The third-order valence-corrected chi connectivity index (χ3v) is 4.53. The highest BCUT2D eigenvalue weighted by Gasteiger charge is 2.54. The van der Waals surface area contributed by atoms with Crippen molar-refractivity contribution in [1.82, 2.24) is 5.32 Å². The average Bonchev–Trinajstić information content (AvgIpc) is 2.83. The molecule has 0 radical (unpaired) electrons. The van der Waals surface area contributed by atoms with Crippen molar-refractivity contribution < 1.29 is 14.6 Å².